The molecule has 4 rings (SSSR count). The van der Waals surface area contributed by atoms with Crippen LogP contribution in [0.4, 0.5) is 0 Å². The van der Waals surface area contributed by atoms with Gasteiger partial charge in [0, 0.05) is 13.0 Å². The molecule has 1 atom stereocenters. The Morgan fingerprint density at radius 1 is 0.805 bits per heavy atom. The summed E-state index contributed by atoms with van der Waals surface area (Å²) in [5.41, 5.74) is 1.83. The summed E-state index contributed by atoms with van der Waals surface area (Å²) in [5.74, 6) is 0.892. The molecule has 0 unspecified atom stereocenters. The predicted molar refractivity (Wildman–Crippen MR) is 181 cm³/mol. The van der Waals surface area contributed by atoms with E-state index in [0.717, 1.165) is 26.9 Å². The lowest BCUT2D eigenvalue weighted by Gasteiger charge is -2.43. The molecule has 0 bridgehead atoms. The lowest BCUT2D eigenvalue weighted by molar-refractivity contribution is 0.172. The summed E-state index contributed by atoms with van der Waals surface area (Å²) >= 11 is 2.29. The third-order valence-electron chi connectivity index (χ3n) is 7.43. The summed E-state index contributed by atoms with van der Waals surface area (Å²) in [4.78, 5) is 0.349. The zero-order valence-corrected chi connectivity index (χ0v) is 28.4. The van der Waals surface area contributed by atoms with Crippen molar-refractivity contribution in [1.82, 2.24) is 0 Å². The maximum atomic E-state index is 12.4. The Kier molecular flexibility index (Phi) is 10.2. The molecule has 216 valence electrons. The van der Waals surface area contributed by atoms with Crippen molar-refractivity contribution in [3.05, 3.63) is 107 Å². The van der Waals surface area contributed by atoms with E-state index in [9.17, 15) is 8.42 Å². The molecule has 41 heavy (non-hydrogen) atoms. The van der Waals surface area contributed by atoms with Crippen LogP contribution in [-0.4, -0.2) is 35.2 Å². The van der Waals surface area contributed by atoms with Crippen molar-refractivity contribution in [2.45, 2.75) is 57.1 Å². The number of ether oxygens (including phenoxy) is 1. The standard InChI is InChI=1S/C34H39IO4SSi/c1-6-40(36,37)29-15-13-14-27(24-29)28-20-21-33(32(35)25-28)39-26(2)22-23-38-41(34(3,4)5,30-16-9-7-10-17-30)31-18-11-8-12-19-31/h7-21,24-26H,6,22-23H2,1-5H3/t26-/m1/s1. The molecule has 0 aliphatic carbocycles. The Bertz CT molecular complexity index is 1510. The first-order chi connectivity index (χ1) is 19.5. The van der Waals surface area contributed by atoms with Crippen molar-refractivity contribution in [3.8, 4) is 16.9 Å². The maximum absolute atomic E-state index is 12.4. The Morgan fingerprint density at radius 3 is 1.93 bits per heavy atom. The van der Waals surface area contributed by atoms with Crippen molar-refractivity contribution in [1.29, 1.82) is 0 Å². The molecule has 0 saturated heterocycles. The Morgan fingerprint density at radius 2 is 1.39 bits per heavy atom. The molecular formula is C34H39IO4SSi. The molecule has 0 aliphatic heterocycles. The molecule has 0 heterocycles. The van der Waals surface area contributed by atoms with Crippen molar-refractivity contribution in [2.75, 3.05) is 12.4 Å². The van der Waals surface area contributed by atoms with E-state index in [1.54, 1.807) is 25.1 Å². The van der Waals surface area contributed by atoms with Gasteiger partial charge in [0.1, 0.15) is 5.75 Å². The van der Waals surface area contributed by atoms with Gasteiger partial charge in [-0.25, -0.2) is 8.42 Å². The Hall–Kier alpha value is -2.46. The fourth-order valence-electron chi connectivity index (χ4n) is 5.23. The summed E-state index contributed by atoms with van der Waals surface area (Å²) in [6, 6.07) is 34.5. The van der Waals surface area contributed by atoms with E-state index in [1.807, 2.05) is 24.3 Å². The van der Waals surface area contributed by atoms with Crippen molar-refractivity contribution >= 4 is 51.1 Å². The van der Waals surface area contributed by atoms with E-state index < -0.39 is 18.2 Å². The van der Waals surface area contributed by atoms with Crippen LogP contribution in [0.3, 0.4) is 0 Å². The monoisotopic (exact) mass is 698 g/mol. The van der Waals surface area contributed by atoms with E-state index >= 15 is 0 Å². The van der Waals surface area contributed by atoms with Gasteiger partial charge < -0.3 is 9.16 Å². The first-order valence-corrected chi connectivity index (χ1v) is 18.7. The largest absolute Gasteiger partial charge is 0.490 e. The second-order valence-corrected chi connectivity index (χ2v) is 19.1. The highest BCUT2D eigenvalue weighted by atomic mass is 127. The van der Waals surface area contributed by atoms with Gasteiger partial charge in [-0.2, -0.15) is 0 Å². The van der Waals surface area contributed by atoms with Gasteiger partial charge in [-0.05, 0) is 80.3 Å². The van der Waals surface area contributed by atoms with Crippen molar-refractivity contribution < 1.29 is 17.6 Å². The molecule has 0 spiro atoms. The van der Waals surface area contributed by atoms with Crippen LogP contribution in [0, 0.1) is 3.57 Å². The minimum Gasteiger partial charge on any atom is -0.490 e. The van der Waals surface area contributed by atoms with Crippen LogP contribution in [0.25, 0.3) is 11.1 Å². The van der Waals surface area contributed by atoms with Gasteiger partial charge in [0.2, 0.25) is 0 Å². The number of sulfone groups is 1. The molecule has 0 N–H and O–H groups in total. The molecule has 4 aromatic rings. The number of hydrogen-bond acceptors (Lipinski definition) is 4. The number of rotatable bonds is 11. The van der Waals surface area contributed by atoms with Crippen LogP contribution in [0.15, 0.2) is 108 Å². The van der Waals surface area contributed by atoms with Gasteiger partial charge in [-0.15, -0.1) is 0 Å². The molecule has 7 heteroatoms. The molecule has 0 amide bonds. The Labute approximate surface area is 260 Å². The normalized spacial score (nSPS) is 13.1. The average Bonchev–Trinajstić information content (AvgIpc) is 2.97. The molecular weight excluding hydrogens is 659 g/mol. The summed E-state index contributed by atoms with van der Waals surface area (Å²) in [7, 11) is -5.85. The summed E-state index contributed by atoms with van der Waals surface area (Å²) in [6.45, 7) is 11.2. The van der Waals surface area contributed by atoms with Gasteiger partial charge in [-0.3, -0.25) is 0 Å². The first kappa shape index (κ1) is 31.5. The van der Waals surface area contributed by atoms with Crippen LogP contribution in [0.5, 0.6) is 5.75 Å². The molecule has 4 aromatic carbocycles. The second-order valence-electron chi connectivity index (χ2n) is 11.3. The summed E-state index contributed by atoms with van der Waals surface area (Å²) in [6.07, 6.45) is 0.699. The quantitative estimate of drug-likeness (QED) is 0.120. The van der Waals surface area contributed by atoms with Crippen LogP contribution in [-0.2, 0) is 14.3 Å². The average molecular weight is 699 g/mol. The highest BCUT2D eigenvalue weighted by Gasteiger charge is 2.50. The fraction of sp³-hybridized carbons (Fsp3) is 0.294. The first-order valence-electron chi connectivity index (χ1n) is 14.0. The molecule has 0 saturated carbocycles. The van der Waals surface area contributed by atoms with Gasteiger partial charge >= 0.3 is 0 Å². The number of hydrogen-bond donors (Lipinski definition) is 0. The minimum atomic E-state index is -3.26. The second kappa shape index (κ2) is 13.2. The van der Waals surface area contributed by atoms with E-state index in [0.29, 0.717) is 11.5 Å². The van der Waals surface area contributed by atoms with Crippen LogP contribution >= 0.6 is 22.6 Å². The fourth-order valence-corrected chi connectivity index (χ4v) is 11.4. The van der Waals surface area contributed by atoms with E-state index in [2.05, 4.69) is 111 Å². The topological polar surface area (TPSA) is 52.6 Å². The third kappa shape index (κ3) is 7.13. The molecule has 0 radical (unpaired) electrons. The lowest BCUT2D eigenvalue weighted by Crippen LogP contribution is -2.66. The zero-order valence-electron chi connectivity index (χ0n) is 24.4. The van der Waals surface area contributed by atoms with E-state index in [-0.39, 0.29) is 16.9 Å². The summed E-state index contributed by atoms with van der Waals surface area (Å²) < 4.78 is 39.1. The van der Waals surface area contributed by atoms with Crippen LogP contribution in [0.1, 0.15) is 41.0 Å². The molecule has 0 aromatic heterocycles. The van der Waals surface area contributed by atoms with Gasteiger partial charge in [0.05, 0.1) is 20.3 Å². The number of benzene rings is 4. The predicted octanol–water partition coefficient (Wildman–Crippen LogP) is 7.49. The summed E-state index contributed by atoms with van der Waals surface area (Å²) in [5, 5.41) is 2.47. The third-order valence-corrected chi connectivity index (χ3v) is 15.0. The van der Waals surface area contributed by atoms with E-state index in [4.69, 9.17) is 9.16 Å². The smallest absolute Gasteiger partial charge is 0.261 e. The zero-order chi connectivity index (χ0) is 29.7. The van der Waals surface area contributed by atoms with Crippen molar-refractivity contribution in [2.24, 2.45) is 0 Å². The van der Waals surface area contributed by atoms with Crippen LogP contribution in [0.2, 0.25) is 5.04 Å². The highest BCUT2D eigenvalue weighted by molar-refractivity contribution is 14.1. The number of halogens is 1. The lowest BCUT2D eigenvalue weighted by atomic mass is 10.1. The molecule has 0 fully saturated rings. The van der Waals surface area contributed by atoms with E-state index in [1.165, 1.54) is 10.4 Å². The van der Waals surface area contributed by atoms with Gasteiger partial charge in [0.15, 0.2) is 9.84 Å². The minimum absolute atomic E-state index is 0.0504. The molecule has 4 nitrogen and oxygen atoms in total. The maximum Gasteiger partial charge on any atom is 0.261 e. The highest BCUT2D eigenvalue weighted by Crippen LogP contribution is 2.37. The van der Waals surface area contributed by atoms with Gasteiger partial charge in [-0.1, -0.05) is 107 Å². The van der Waals surface area contributed by atoms with Crippen LogP contribution < -0.4 is 15.1 Å². The van der Waals surface area contributed by atoms with Crippen molar-refractivity contribution in [3.63, 3.8) is 0 Å². The van der Waals surface area contributed by atoms with Gasteiger partial charge in [0.25, 0.3) is 8.32 Å². The Balaban J connectivity index is 1.49. The molecule has 0 aliphatic rings. The SMILES string of the molecule is CCS(=O)(=O)c1cccc(-c2ccc(O[C@H](C)CCO[Si](c3ccccc3)(c3ccccc3)C(C)(C)C)c(I)c2)c1.